The van der Waals surface area contributed by atoms with Crippen molar-refractivity contribution < 1.29 is 4.74 Å². The van der Waals surface area contributed by atoms with Crippen LogP contribution in [0.2, 0.25) is 0 Å². The van der Waals surface area contributed by atoms with Crippen LogP contribution in [-0.2, 0) is 4.74 Å². The third-order valence-electron chi connectivity index (χ3n) is 3.83. The van der Waals surface area contributed by atoms with Gasteiger partial charge in [0, 0.05) is 20.7 Å². The van der Waals surface area contributed by atoms with Crippen LogP contribution in [0, 0.1) is 5.92 Å². The first-order valence-corrected chi connectivity index (χ1v) is 6.92. The Kier molecular flexibility index (Phi) is 3.19. The van der Waals surface area contributed by atoms with E-state index in [1.165, 1.54) is 12.0 Å². The molecule has 0 amide bonds. The van der Waals surface area contributed by atoms with Crippen molar-refractivity contribution in [2.75, 3.05) is 25.6 Å². The summed E-state index contributed by atoms with van der Waals surface area (Å²) >= 11 is 0. The molecule has 2 unspecified atom stereocenters. The van der Waals surface area contributed by atoms with Crippen LogP contribution in [0.3, 0.4) is 0 Å². The van der Waals surface area contributed by atoms with E-state index in [9.17, 15) is 0 Å². The number of hydrogen-bond acceptors (Lipinski definition) is 3. The first-order valence-electron chi connectivity index (χ1n) is 6.92. The van der Waals surface area contributed by atoms with Crippen LogP contribution >= 0.6 is 0 Å². The molecular formula is C15H21N3O. The number of H-pyrrole nitrogens is 1. The van der Waals surface area contributed by atoms with Crippen LogP contribution in [0.15, 0.2) is 18.2 Å². The first-order chi connectivity index (χ1) is 9.13. The summed E-state index contributed by atoms with van der Waals surface area (Å²) in [5.74, 6) is 1.64. The van der Waals surface area contributed by atoms with Crippen LogP contribution in [0.4, 0.5) is 5.95 Å². The molecule has 0 bridgehead atoms. The lowest BCUT2D eigenvalue weighted by molar-refractivity contribution is -0.00626. The standard InChI is InChI=1S/C15H21N3O/c1-10-6-7-19-14(8-10)11-4-5-12-13(9-11)17-15(16-12)18(2)3/h4-5,9-10,14H,6-8H2,1-3H3,(H,16,17). The molecule has 1 aliphatic heterocycles. The second-order valence-corrected chi connectivity index (χ2v) is 5.72. The molecule has 19 heavy (non-hydrogen) atoms. The summed E-state index contributed by atoms with van der Waals surface area (Å²) in [5, 5.41) is 0. The monoisotopic (exact) mass is 259 g/mol. The molecule has 0 radical (unpaired) electrons. The fourth-order valence-electron chi connectivity index (χ4n) is 2.62. The second-order valence-electron chi connectivity index (χ2n) is 5.72. The van der Waals surface area contributed by atoms with Crippen molar-refractivity contribution in [3.8, 4) is 0 Å². The highest BCUT2D eigenvalue weighted by molar-refractivity contribution is 5.78. The van der Waals surface area contributed by atoms with E-state index >= 15 is 0 Å². The molecule has 0 aliphatic carbocycles. The molecule has 4 heteroatoms. The zero-order valence-corrected chi connectivity index (χ0v) is 11.8. The maximum absolute atomic E-state index is 5.89. The van der Waals surface area contributed by atoms with Gasteiger partial charge in [-0.05, 0) is 36.5 Å². The second kappa shape index (κ2) is 4.85. The molecule has 2 aromatic rings. The van der Waals surface area contributed by atoms with Crippen molar-refractivity contribution in [1.82, 2.24) is 9.97 Å². The first kappa shape index (κ1) is 12.5. The predicted octanol–water partition coefficient (Wildman–Crippen LogP) is 3.12. The highest BCUT2D eigenvalue weighted by atomic mass is 16.5. The summed E-state index contributed by atoms with van der Waals surface area (Å²) in [6, 6.07) is 6.40. The number of nitrogens with one attached hydrogen (secondary N) is 1. The smallest absolute Gasteiger partial charge is 0.203 e. The molecule has 1 aromatic heterocycles. The van der Waals surface area contributed by atoms with Crippen LogP contribution in [0.25, 0.3) is 11.0 Å². The number of hydrogen-bond donors (Lipinski definition) is 1. The average molecular weight is 259 g/mol. The number of fused-ring (bicyclic) bond motifs is 1. The third-order valence-corrected chi connectivity index (χ3v) is 3.83. The van der Waals surface area contributed by atoms with Gasteiger partial charge in [-0.1, -0.05) is 13.0 Å². The predicted molar refractivity (Wildman–Crippen MR) is 77.5 cm³/mol. The maximum atomic E-state index is 5.89. The summed E-state index contributed by atoms with van der Waals surface area (Å²) in [6.45, 7) is 3.17. The number of ether oxygens (including phenoxy) is 1. The van der Waals surface area contributed by atoms with E-state index in [0.717, 1.165) is 35.9 Å². The van der Waals surface area contributed by atoms with Crippen molar-refractivity contribution in [2.45, 2.75) is 25.9 Å². The Morgan fingerprint density at radius 3 is 2.95 bits per heavy atom. The lowest BCUT2D eigenvalue weighted by Crippen LogP contribution is -2.17. The van der Waals surface area contributed by atoms with Crippen LogP contribution < -0.4 is 4.90 Å². The van der Waals surface area contributed by atoms with Crippen LogP contribution in [-0.4, -0.2) is 30.7 Å². The Labute approximate surface area is 113 Å². The minimum absolute atomic E-state index is 0.235. The van der Waals surface area contributed by atoms with Crippen molar-refractivity contribution in [1.29, 1.82) is 0 Å². The van der Waals surface area contributed by atoms with Crippen LogP contribution in [0.1, 0.15) is 31.4 Å². The number of nitrogens with zero attached hydrogens (tertiary/aromatic N) is 2. The Morgan fingerprint density at radius 2 is 2.21 bits per heavy atom. The van der Waals surface area contributed by atoms with Gasteiger partial charge >= 0.3 is 0 Å². The Morgan fingerprint density at radius 1 is 1.37 bits per heavy atom. The Hall–Kier alpha value is -1.55. The Bertz CT molecular complexity index is 576. The van der Waals surface area contributed by atoms with Gasteiger partial charge in [-0.3, -0.25) is 0 Å². The minimum atomic E-state index is 0.235. The van der Waals surface area contributed by atoms with Gasteiger partial charge < -0.3 is 14.6 Å². The largest absolute Gasteiger partial charge is 0.374 e. The molecule has 1 saturated heterocycles. The number of rotatable bonds is 2. The SMILES string of the molecule is CC1CCOC(c2ccc3nc(N(C)C)[nH]c3c2)C1. The highest BCUT2D eigenvalue weighted by Gasteiger charge is 2.21. The molecule has 0 saturated carbocycles. The summed E-state index contributed by atoms with van der Waals surface area (Å²) < 4.78 is 5.89. The number of aromatic nitrogens is 2. The topological polar surface area (TPSA) is 41.1 Å². The van der Waals surface area contributed by atoms with Crippen molar-refractivity contribution in [2.24, 2.45) is 5.92 Å². The van der Waals surface area contributed by atoms with Crippen LogP contribution in [0.5, 0.6) is 0 Å². The van der Waals surface area contributed by atoms with Gasteiger partial charge in [-0.15, -0.1) is 0 Å². The summed E-state index contributed by atoms with van der Waals surface area (Å²) in [6.07, 6.45) is 2.52. The molecule has 1 aromatic carbocycles. The van der Waals surface area contributed by atoms with E-state index in [4.69, 9.17) is 4.74 Å². The number of anilines is 1. The molecule has 102 valence electrons. The maximum Gasteiger partial charge on any atom is 0.203 e. The van der Waals surface area contributed by atoms with Crippen molar-refractivity contribution >= 4 is 17.0 Å². The van der Waals surface area contributed by atoms with E-state index in [2.05, 4.69) is 35.1 Å². The zero-order chi connectivity index (χ0) is 13.4. The van der Waals surface area contributed by atoms with E-state index in [-0.39, 0.29) is 6.10 Å². The van der Waals surface area contributed by atoms with Gasteiger partial charge in [0.2, 0.25) is 5.95 Å². The quantitative estimate of drug-likeness (QED) is 0.901. The zero-order valence-electron chi connectivity index (χ0n) is 11.8. The fraction of sp³-hybridized carbons (Fsp3) is 0.533. The molecule has 1 fully saturated rings. The summed E-state index contributed by atoms with van der Waals surface area (Å²) in [4.78, 5) is 9.87. The molecule has 0 spiro atoms. The lowest BCUT2D eigenvalue weighted by Gasteiger charge is -2.27. The summed E-state index contributed by atoms with van der Waals surface area (Å²) in [5.41, 5.74) is 3.35. The molecule has 3 rings (SSSR count). The number of imidazole rings is 1. The van der Waals surface area contributed by atoms with E-state index in [0.29, 0.717) is 0 Å². The van der Waals surface area contributed by atoms with E-state index in [1.54, 1.807) is 0 Å². The molecule has 1 aliphatic rings. The molecule has 4 nitrogen and oxygen atoms in total. The van der Waals surface area contributed by atoms with Crippen molar-refractivity contribution in [3.63, 3.8) is 0 Å². The normalized spacial score (nSPS) is 23.7. The number of aromatic amines is 1. The van der Waals surface area contributed by atoms with Gasteiger partial charge in [0.05, 0.1) is 17.1 Å². The number of benzene rings is 1. The van der Waals surface area contributed by atoms with Gasteiger partial charge in [-0.2, -0.15) is 0 Å². The Balaban J connectivity index is 1.92. The highest BCUT2D eigenvalue weighted by Crippen LogP contribution is 2.32. The molecule has 2 atom stereocenters. The average Bonchev–Trinajstić information content (AvgIpc) is 2.81. The molecule has 1 N–H and O–H groups in total. The fourth-order valence-corrected chi connectivity index (χ4v) is 2.62. The van der Waals surface area contributed by atoms with Gasteiger partial charge in [-0.25, -0.2) is 4.98 Å². The summed E-state index contributed by atoms with van der Waals surface area (Å²) in [7, 11) is 3.98. The lowest BCUT2D eigenvalue weighted by atomic mass is 9.93. The third kappa shape index (κ3) is 2.45. The van der Waals surface area contributed by atoms with Gasteiger partial charge in [0.25, 0.3) is 0 Å². The molecule has 2 heterocycles. The van der Waals surface area contributed by atoms with Gasteiger partial charge in [0.15, 0.2) is 0 Å². The van der Waals surface area contributed by atoms with Gasteiger partial charge in [0.1, 0.15) is 0 Å². The van der Waals surface area contributed by atoms with E-state index < -0.39 is 0 Å². The van der Waals surface area contributed by atoms with E-state index in [1.807, 2.05) is 19.0 Å². The van der Waals surface area contributed by atoms with Crippen molar-refractivity contribution in [3.05, 3.63) is 23.8 Å². The molecular weight excluding hydrogens is 238 g/mol. The minimum Gasteiger partial charge on any atom is -0.374 e.